The predicted octanol–water partition coefficient (Wildman–Crippen LogP) is 5.72. The summed E-state index contributed by atoms with van der Waals surface area (Å²) in [5, 5.41) is 9.47. The van der Waals surface area contributed by atoms with Gasteiger partial charge in [-0.1, -0.05) is 18.2 Å². The van der Waals surface area contributed by atoms with Crippen LogP contribution in [0.3, 0.4) is 0 Å². The van der Waals surface area contributed by atoms with Crippen LogP contribution in [0.4, 0.5) is 8.78 Å². The van der Waals surface area contributed by atoms with Crippen LogP contribution in [-0.4, -0.2) is 36.4 Å². The monoisotopic (exact) mass is 499 g/mol. The highest BCUT2D eigenvalue weighted by Crippen LogP contribution is 2.47. The maximum absolute atomic E-state index is 14.2. The van der Waals surface area contributed by atoms with E-state index in [-0.39, 0.29) is 18.0 Å². The third-order valence-corrected chi connectivity index (χ3v) is 8.05. The van der Waals surface area contributed by atoms with Gasteiger partial charge < -0.3 is 4.90 Å². The summed E-state index contributed by atoms with van der Waals surface area (Å²) in [6, 6.07) is 13.4. The Morgan fingerprint density at radius 1 is 1.00 bits per heavy atom. The molecule has 1 saturated heterocycles. The number of amides is 1. The van der Waals surface area contributed by atoms with Gasteiger partial charge in [0.1, 0.15) is 11.6 Å². The number of para-hydroxylation sites is 1. The molecule has 188 valence electrons. The van der Waals surface area contributed by atoms with Crippen LogP contribution in [0.1, 0.15) is 71.4 Å². The van der Waals surface area contributed by atoms with Crippen molar-refractivity contribution >= 4 is 5.91 Å². The molecule has 1 saturated carbocycles. The van der Waals surface area contributed by atoms with Crippen LogP contribution < -0.4 is 0 Å². The summed E-state index contributed by atoms with van der Waals surface area (Å²) in [6.07, 6.45) is 7.18. The molecule has 2 aromatic heterocycles. The molecule has 4 heterocycles. The number of piperidine rings is 1. The summed E-state index contributed by atoms with van der Waals surface area (Å²) in [5.74, 6) is -0.874. The normalized spacial score (nSPS) is 20.7. The Labute approximate surface area is 213 Å². The van der Waals surface area contributed by atoms with E-state index in [1.54, 1.807) is 10.9 Å². The Kier molecular flexibility index (Phi) is 5.06. The minimum Gasteiger partial charge on any atom is -0.327 e. The first kappa shape index (κ1) is 22.4. The van der Waals surface area contributed by atoms with Gasteiger partial charge >= 0.3 is 0 Å². The summed E-state index contributed by atoms with van der Waals surface area (Å²) < 4.78 is 31.8. The van der Waals surface area contributed by atoms with E-state index in [9.17, 15) is 13.6 Å². The van der Waals surface area contributed by atoms with Crippen molar-refractivity contribution in [3.63, 3.8) is 0 Å². The Morgan fingerprint density at radius 3 is 2.49 bits per heavy atom. The molecule has 7 rings (SSSR count). The molecular weight excluding hydrogens is 472 g/mol. The first-order chi connectivity index (χ1) is 18.0. The average Bonchev–Trinajstić information content (AvgIpc) is 3.53. The van der Waals surface area contributed by atoms with E-state index >= 15 is 0 Å². The maximum Gasteiger partial charge on any atom is 0.258 e. The van der Waals surface area contributed by atoms with Crippen molar-refractivity contribution < 1.29 is 13.6 Å². The maximum atomic E-state index is 14.2. The second-order valence-corrected chi connectivity index (χ2v) is 10.5. The molecule has 6 nitrogen and oxygen atoms in total. The van der Waals surface area contributed by atoms with E-state index in [2.05, 4.69) is 5.10 Å². The van der Waals surface area contributed by atoms with E-state index < -0.39 is 11.6 Å². The molecule has 2 fully saturated rings. The van der Waals surface area contributed by atoms with Gasteiger partial charge in [-0.25, -0.2) is 13.5 Å². The molecule has 2 aromatic carbocycles. The third-order valence-electron chi connectivity index (χ3n) is 8.05. The lowest BCUT2D eigenvalue weighted by atomic mass is 9.81. The van der Waals surface area contributed by atoms with Crippen molar-refractivity contribution in [1.29, 1.82) is 0 Å². The molecule has 2 aliphatic heterocycles. The molecule has 3 aliphatic rings. The SMILES string of the molecule is Cn1nc2c(c1-c1cc(F)cc(F)c1)C[C@H]1CCC[C@@H]2N1C(=O)c1cnn(-c2ccccc2)c1C1CC1. The first-order valence-electron chi connectivity index (χ1n) is 13.0. The van der Waals surface area contributed by atoms with Crippen molar-refractivity contribution in [3.05, 3.63) is 88.9 Å². The molecule has 0 spiro atoms. The Morgan fingerprint density at radius 2 is 1.76 bits per heavy atom. The van der Waals surface area contributed by atoms with Crippen LogP contribution in [0.2, 0.25) is 0 Å². The highest BCUT2D eigenvalue weighted by Gasteiger charge is 2.45. The Bertz CT molecular complexity index is 1500. The lowest BCUT2D eigenvalue weighted by Crippen LogP contribution is -2.50. The molecular formula is C29H27F2N5O. The van der Waals surface area contributed by atoms with E-state index in [0.29, 0.717) is 23.5 Å². The van der Waals surface area contributed by atoms with Gasteiger partial charge in [0.05, 0.1) is 40.6 Å². The molecule has 1 amide bonds. The summed E-state index contributed by atoms with van der Waals surface area (Å²) in [7, 11) is 1.81. The predicted molar refractivity (Wildman–Crippen MR) is 134 cm³/mol. The Hall–Kier alpha value is -3.81. The summed E-state index contributed by atoms with van der Waals surface area (Å²) in [5.41, 5.74) is 5.68. The minimum atomic E-state index is -0.610. The summed E-state index contributed by atoms with van der Waals surface area (Å²) in [6.45, 7) is 0. The van der Waals surface area contributed by atoms with Crippen molar-refractivity contribution in [2.75, 3.05) is 0 Å². The van der Waals surface area contributed by atoms with E-state index in [1.807, 2.05) is 47.0 Å². The number of halogens is 2. The first-order valence-corrected chi connectivity index (χ1v) is 13.0. The van der Waals surface area contributed by atoms with E-state index in [0.717, 1.165) is 66.5 Å². The molecule has 0 radical (unpaired) electrons. The zero-order chi connectivity index (χ0) is 25.3. The molecule has 8 heteroatoms. The third kappa shape index (κ3) is 3.61. The number of benzene rings is 2. The van der Waals surface area contributed by atoms with Gasteiger partial charge in [0.25, 0.3) is 5.91 Å². The number of fused-ring (bicyclic) bond motifs is 4. The molecule has 1 aliphatic carbocycles. The van der Waals surface area contributed by atoms with Crippen molar-refractivity contribution in [2.24, 2.45) is 7.05 Å². The highest BCUT2D eigenvalue weighted by atomic mass is 19.1. The fourth-order valence-corrected chi connectivity index (χ4v) is 6.39. The fraction of sp³-hybridized carbons (Fsp3) is 0.345. The van der Waals surface area contributed by atoms with Crippen LogP contribution in [0.15, 0.2) is 54.7 Å². The smallest absolute Gasteiger partial charge is 0.258 e. The van der Waals surface area contributed by atoms with Crippen LogP contribution in [0.5, 0.6) is 0 Å². The zero-order valence-corrected chi connectivity index (χ0v) is 20.6. The number of hydrogen-bond acceptors (Lipinski definition) is 3. The second kappa shape index (κ2) is 8.36. The molecule has 37 heavy (non-hydrogen) atoms. The van der Waals surface area contributed by atoms with Crippen molar-refractivity contribution in [2.45, 2.75) is 56.5 Å². The van der Waals surface area contributed by atoms with E-state index in [1.165, 1.54) is 12.1 Å². The van der Waals surface area contributed by atoms with Crippen LogP contribution in [-0.2, 0) is 13.5 Å². The molecule has 2 atom stereocenters. The lowest BCUT2D eigenvalue weighted by molar-refractivity contribution is 0.0390. The van der Waals surface area contributed by atoms with Gasteiger partial charge in [0, 0.05) is 36.2 Å². The lowest BCUT2D eigenvalue weighted by Gasteiger charge is -2.45. The van der Waals surface area contributed by atoms with Gasteiger partial charge in [-0.05, 0) is 62.8 Å². The number of hydrogen-bond donors (Lipinski definition) is 0. The molecule has 2 bridgehead atoms. The molecule has 0 N–H and O–H groups in total. The Balaban J connectivity index is 1.30. The van der Waals surface area contributed by atoms with Gasteiger partial charge in [0.15, 0.2) is 0 Å². The van der Waals surface area contributed by atoms with Gasteiger partial charge in [-0.2, -0.15) is 10.2 Å². The number of aromatic nitrogens is 4. The average molecular weight is 500 g/mol. The number of aryl methyl sites for hydroxylation is 1. The fourth-order valence-electron chi connectivity index (χ4n) is 6.39. The largest absolute Gasteiger partial charge is 0.327 e. The number of carbonyl (C=O) groups is 1. The van der Waals surface area contributed by atoms with Gasteiger partial charge in [-0.15, -0.1) is 0 Å². The van der Waals surface area contributed by atoms with E-state index in [4.69, 9.17) is 5.10 Å². The molecule has 4 aromatic rings. The number of rotatable bonds is 4. The highest BCUT2D eigenvalue weighted by molar-refractivity contribution is 5.96. The molecule has 0 unspecified atom stereocenters. The van der Waals surface area contributed by atoms with Crippen LogP contribution in [0.25, 0.3) is 16.9 Å². The summed E-state index contributed by atoms with van der Waals surface area (Å²) in [4.78, 5) is 16.2. The number of nitrogens with zero attached hydrogens (tertiary/aromatic N) is 5. The van der Waals surface area contributed by atoms with Gasteiger partial charge in [0.2, 0.25) is 0 Å². The minimum absolute atomic E-state index is 0.00670. The van der Waals surface area contributed by atoms with Crippen LogP contribution in [0, 0.1) is 11.6 Å². The quantitative estimate of drug-likeness (QED) is 0.361. The summed E-state index contributed by atoms with van der Waals surface area (Å²) >= 11 is 0. The zero-order valence-electron chi connectivity index (χ0n) is 20.6. The van der Waals surface area contributed by atoms with Gasteiger partial charge in [-0.3, -0.25) is 9.48 Å². The van der Waals surface area contributed by atoms with Crippen molar-refractivity contribution in [3.8, 4) is 16.9 Å². The second-order valence-electron chi connectivity index (χ2n) is 10.5. The van der Waals surface area contributed by atoms with Crippen molar-refractivity contribution in [1.82, 2.24) is 24.5 Å². The number of carbonyl (C=O) groups excluding carboxylic acids is 1. The topological polar surface area (TPSA) is 56.0 Å². The van der Waals surface area contributed by atoms with Crippen LogP contribution >= 0.6 is 0 Å². The standard InChI is InChI=1S/C29H27F2N5O/c1-34-27(18-12-19(30)14-20(31)13-18)23-15-22-8-5-9-25(26(23)33-34)35(22)29(37)24-16-32-36(28(24)17-10-11-17)21-6-3-2-4-7-21/h2-4,6-7,12-14,16-17,22,25H,5,8-11,15H2,1H3/t22-,25+/m1/s1.